The molecule has 16 nitrogen and oxygen atoms in total. The van der Waals surface area contributed by atoms with Gasteiger partial charge in [0.05, 0.1) is 24.7 Å². The molecule has 2 atom stereocenters. The molecular weight excluding hydrogens is 776 g/mol. The van der Waals surface area contributed by atoms with Crippen LogP contribution in [0, 0.1) is 11.8 Å². The molecule has 0 amide bonds. The van der Waals surface area contributed by atoms with Crippen LogP contribution >= 0.6 is 0 Å². The third-order valence-electron chi connectivity index (χ3n) is 13.0. The van der Waals surface area contributed by atoms with Gasteiger partial charge >= 0.3 is 23.9 Å². The number of hydrogen-bond acceptors (Lipinski definition) is 15. The zero-order valence-corrected chi connectivity index (χ0v) is 39.5. The summed E-state index contributed by atoms with van der Waals surface area (Å²) in [6.07, 6.45) is -0.862. The lowest BCUT2D eigenvalue weighted by Crippen LogP contribution is -2.61. The number of hydrogen-bond donors (Lipinski definition) is 4. The second-order valence-corrected chi connectivity index (χ2v) is 23.3. The van der Waals surface area contributed by atoms with Gasteiger partial charge in [-0.15, -0.1) is 0 Å². The molecule has 2 unspecified atom stereocenters. The van der Waals surface area contributed by atoms with Crippen molar-refractivity contribution in [1.29, 1.82) is 0 Å². The summed E-state index contributed by atoms with van der Waals surface area (Å²) in [5.74, 6) is -6.14. The highest BCUT2D eigenvalue weighted by Crippen LogP contribution is 2.42. The molecular formula is C44H80N4O12. The van der Waals surface area contributed by atoms with Crippen LogP contribution in [0.3, 0.4) is 0 Å². The summed E-state index contributed by atoms with van der Waals surface area (Å²) >= 11 is 0. The predicted octanol–water partition coefficient (Wildman–Crippen LogP) is 5.89. The second kappa shape index (κ2) is 17.6. The molecule has 4 aliphatic heterocycles. The average molecular weight is 857 g/mol. The summed E-state index contributed by atoms with van der Waals surface area (Å²) in [4.78, 5) is 57.5. The smallest absolute Gasteiger partial charge is 0.310 e. The fourth-order valence-electron chi connectivity index (χ4n) is 11.2. The summed E-state index contributed by atoms with van der Waals surface area (Å²) in [5, 5.41) is 40.1. The molecule has 0 radical (unpaired) electrons. The summed E-state index contributed by atoms with van der Waals surface area (Å²) in [7, 11) is 0. The highest BCUT2D eigenvalue weighted by Gasteiger charge is 2.51. The second-order valence-electron chi connectivity index (χ2n) is 23.3. The molecule has 4 fully saturated rings. The van der Waals surface area contributed by atoms with Crippen LogP contribution < -0.4 is 5.32 Å². The maximum atomic E-state index is 14.7. The molecule has 0 saturated carbocycles. The van der Waals surface area contributed by atoms with E-state index in [4.69, 9.17) is 18.9 Å². The minimum atomic E-state index is -1.49. The molecule has 0 aromatic heterocycles. The van der Waals surface area contributed by atoms with Gasteiger partial charge in [0.1, 0.15) is 24.4 Å². The number of carbonyl (C=O) groups is 4. The van der Waals surface area contributed by atoms with E-state index >= 15 is 0 Å². The monoisotopic (exact) mass is 857 g/mol. The molecule has 4 saturated heterocycles. The van der Waals surface area contributed by atoms with Crippen LogP contribution in [0.5, 0.6) is 0 Å². The Hall–Kier alpha value is -2.44. The Morgan fingerprint density at radius 1 is 0.450 bits per heavy atom. The van der Waals surface area contributed by atoms with Gasteiger partial charge in [0, 0.05) is 95.7 Å². The van der Waals surface area contributed by atoms with E-state index in [-0.39, 0.29) is 18.3 Å². The maximum absolute atomic E-state index is 14.7. The average Bonchev–Trinajstić information content (AvgIpc) is 3.00. The Balaban J connectivity index is 0.00000961. The molecule has 0 spiro atoms. The number of nitrogens with zero attached hydrogens (tertiary/aromatic N) is 3. The van der Waals surface area contributed by atoms with Gasteiger partial charge in [-0.25, -0.2) is 0 Å². The molecule has 0 aliphatic carbocycles. The van der Waals surface area contributed by atoms with Crippen molar-refractivity contribution in [2.45, 2.75) is 244 Å². The fraction of sp³-hybridized carbons (Fsp3) is 0.909. The fourth-order valence-corrected chi connectivity index (χ4v) is 11.2. The SMILES string of the molecule is CC1(C)CC(OC(=O)C(CC(=O)OC2CC(C)(C)N(O)C(C)(C)C2)C(CC(=O)OC2CC(C)(C)N(O)C(C)(C)C2)C(=O)OC2CC(C)(C)N(O)C(C)(C)C2)CC(C)(C)N1.O. The van der Waals surface area contributed by atoms with E-state index in [0.29, 0.717) is 38.5 Å². The molecule has 0 aromatic rings. The van der Waals surface area contributed by atoms with E-state index in [2.05, 4.69) is 5.32 Å². The molecule has 4 aliphatic rings. The number of rotatable bonds is 11. The van der Waals surface area contributed by atoms with Crippen molar-refractivity contribution < 1.29 is 59.2 Å². The van der Waals surface area contributed by atoms with Crippen molar-refractivity contribution in [3.8, 4) is 0 Å². The third-order valence-corrected chi connectivity index (χ3v) is 13.0. The minimum absolute atomic E-state index is 0. The minimum Gasteiger partial charge on any atom is -0.462 e. The summed E-state index contributed by atoms with van der Waals surface area (Å²) < 4.78 is 24.5. The predicted molar refractivity (Wildman–Crippen MR) is 223 cm³/mol. The van der Waals surface area contributed by atoms with Crippen LogP contribution in [0.2, 0.25) is 0 Å². The maximum Gasteiger partial charge on any atom is 0.310 e. The van der Waals surface area contributed by atoms with E-state index in [1.54, 1.807) is 0 Å². The van der Waals surface area contributed by atoms with Gasteiger partial charge in [0.15, 0.2) is 0 Å². The third kappa shape index (κ3) is 12.4. The van der Waals surface area contributed by atoms with E-state index in [0.717, 1.165) is 0 Å². The largest absolute Gasteiger partial charge is 0.462 e. The molecule has 4 rings (SSSR count). The topological polar surface area (TPSA) is 219 Å². The molecule has 4 heterocycles. The Kier molecular flexibility index (Phi) is 15.2. The first kappa shape index (κ1) is 51.9. The highest BCUT2D eigenvalue weighted by atomic mass is 16.6. The Bertz CT molecular complexity index is 1500. The molecule has 16 heteroatoms. The van der Waals surface area contributed by atoms with Crippen LogP contribution in [0.25, 0.3) is 0 Å². The van der Waals surface area contributed by atoms with Crippen LogP contribution in [0.15, 0.2) is 0 Å². The number of piperidine rings is 4. The first-order valence-corrected chi connectivity index (χ1v) is 21.5. The lowest BCUT2D eigenvalue weighted by molar-refractivity contribution is -0.261. The number of nitrogens with one attached hydrogen (secondary N) is 1. The summed E-state index contributed by atoms with van der Waals surface area (Å²) in [6.45, 7) is 30.2. The summed E-state index contributed by atoms with van der Waals surface area (Å²) in [5.41, 5.74) is -5.24. The van der Waals surface area contributed by atoms with Crippen molar-refractivity contribution in [2.75, 3.05) is 0 Å². The normalized spacial score (nSPS) is 27.7. The van der Waals surface area contributed by atoms with Crippen LogP contribution in [0.4, 0.5) is 0 Å². The van der Waals surface area contributed by atoms with E-state index in [1.165, 1.54) is 15.2 Å². The quantitative estimate of drug-likeness (QED) is 0.141. The zero-order chi connectivity index (χ0) is 45.1. The van der Waals surface area contributed by atoms with Gasteiger partial charge in [-0.3, -0.25) is 19.2 Å². The van der Waals surface area contributed by atoms with Gasteiger partial charge < -0.3 is 45.4 Å². The Labute approximate surface area is 358 Å². The van der Waals surface area contributed by atoms with Crippen LogP contribution in [0.1, 0.15) is 175 Å². The van der Waals surface area contributed by atoms with Crippen LogP contribution in [-0.2, 0) is 38.1 Å². The number of esters is 4. The molecule has 60 heavy (non-hydrogen) atoms. The van der Waals surface area contributed by atoms with Crippen molar-refractivity contribution in [3.05, 3.63) is 0 Å². The standard InChI is InChI=1S/C44H78N4O11.H2O/c1-37(2)19-27(20-38(3,4)45-37)58-35(51)31(17-33(49)56-28-21-39(5,6)46(53)40(7,8)22-28)32(36(52)59-30-25-43(13,14)48(55)44(15,16)26-30)18-34(50)57-29-23-41(9,10)47(54)42(11,12)24-29;/h27-32,45,53-55H,17-26H2,1-16H3;1H2. The van der Waals surface area contributed by atoms with Gasteiger partial charge in [0.25, 0.3) is 0 Å². The van der Waals surface area contributed by atoms with E-state index in [9.17, 15) is 34.8 Å². The Morgan fingerprint density at radius 2 is 0.667 bits per heavy atom. The number of ether oxygens (including phenoxy) is 4. The number of carbonyl (C=O) groups excluding carboxylic acids is 4. The van der Waals surface area contributed by atoms with Crippen molar-refractivity contribution in [1.82, 2.24) is 20.5 Å². The molecule has 0 bridgehead atoms. The zero-order valence-electron chi connectivity index (χ0n) is 39.5. The van der Waals surface area contributed by atoms with Crippen molar-refractivity contribution in [2.24, 2.45) is 11.8 Å². The van der Waals surface area contributed by atoms with Gasteiger partial charge in [-0.1, -0.05) is 0 Å². The van der Waals surface area contributed by atoms with E-state index in [1.807, 2.05) is 111 Å². The Morgan fingerprint density at radius 3 is 0.917 bits per heavy atom. The molecule has 6 N–H and O–H groups in total. The first-order valence-electron chi connectivity index (χ1n) is 21.5. The molecule has 0 aromatic carbocycles. The lowest BCUT2D eigenvalue weighted by atomic mass is 9.79. The van der Waals surface area contributed by atoms with Crippen molar-refractivity contribution in [3.63, 3.8) is 0 Å². The lowest BCUT2D eigenvalue weighted by Gasteiger charge is -2.51. The molecule has 348 valence electrons. The first-order chi connectivity index (χ1) is 26.5. The van der Waals surface area contributed by atoms with Gasteiger partial charge in [-0.2, -0.15) is 15.2 Å². The number of hydroxylamine groups is 6. The van der Waals surface area contributed by atoms with E-state index < -0.39 is 117 Å². The highest BCUT2D eigenvalue weighted by molar-refractivity contribution is 5.88. The van der Waals surface area contributed by atoms with Gasteiger partial charge in [0.2, 0.25) is 0 Å². The van der Waals surface area contributed by atoms with Gasteiger partial charge in [-0.05, 0) is 111 Å². The summed E-state index contributed by atoms with van der Waals surface area (Å²) in [6, 6.07) is 0. The van der Waals surface area contributed by atoms with Crippen molar-refractivity contribution >= 4 is 23.9 Å². The van der Waals surface area contributed by atoms with Crippen LogP contribution in [-0.4, -0.2) is 129 Å².